The Morgan fingerprint density at radius 2 is 1.91 bits per heavy atom. The van der Waals surface area contributed by atoms with Crippen LogP contribution in [0.2, 0.25) is 0 Å². The lowest BCUT2D eigenvalue weighted by Crippen LogP contribution is -2.56. The number of fused-ring (bicyclic) bond motifs is 3. The minimum atomic E-state index is -1.41. The van der Waals surface area contributed by atoms with Gasteiger partial charge >= 0.3 is 12.1 Å². The Morgan fingerprint density at radius 3 is 2.63 bits per heavy atom. The first kappa shape index (κ1) is 30.3. The van der Waals surface area contributed by atoms with E-state index in [1.807, 2.05) is 12.2 Å². The zero-order valence-electron chi connectivity index (χ0n) is 25.0. The predicted molar refractivity (Wildman–Crippen MR) is 155 cm³/mol. The molecule has 3 aliphatic rings. The molecule has 13 heteroatoms. The predicted octanol–water partition coefficient (Wildman–Crippen LogP) is 2.96. The molecule has 5 rings (SSSR count). The average molecular weight is 597 g/mol. The molecule has 232 valence electrons. The number of hydrogen-bond acceptors (Lipinski definition) is 8. The van der Waals surface area contributed by atoms with Gasteiger partial charge in [-0.2, -0.15) is 15.0 Å². The van der Waals surface area contributed by atoms with Crippen LogP contribution in [0.4, 0.5) is 4.79 Å². The minimum Gasteiger partial charge on any atom is -0.497 e. The van der Waals surface area contributed by atoms with E-state index < -0.39 is 53.1 Å². The van der Waals surface area contributed by atoms with Gasteiger partial charge in [0.2, 0.25) is 11.8 Å². The van der Waals surface area contributed by atoms with Crippen molar-refractivity contribution in [2.24, 2.45) is 5.92 Å². The van der Waals surface area contributed by atoms with Crippen LogP contribution < -0.4 is 15.4 Å². The molecule has 0 radical (unpaired) electrons. The lowest BCUT2D eigenvalue weighted by molar-refractivity contribution is -0.145. The van der Waals surface area contributed by atoms with Gasteiger partial charge in [-0.15, -0.1) is 0 Å². The quantitative estimate of drug-likeness (QED) is 0.450. The third kappa shape index (κ3) is 6.60. The van der Waals surface area contributed by atoms with Gasteiger partial charge in [0.25, 0.3) is 0 Å². The number of ether oxygens (including phenoxy) is 2. The van der Waals surface area contributed by atoms with E-state index in [0.717, 1.165) is 19.3 Å². The van der Waals surface area contributed by atoms with Crippen LogP contribution in [0.3, 0.4) is 0 Å². The van der Waals surface area contributed by atoms with Crippen LogP contribution in [-0.2, 0) is 19.1 Å². The number of carbonyl (C=O) groups is 4. The third-order valence-corrected chi connectivity index (χ3v) is 8.26. The summed E-state index contributed by atoms with van der Waals surface area (Å²) in [6, 6.07) is 2.92. The van der Waals surface area contributed by atoms with Crippen molar-refractivity contribution in [2.45, 2.75) is 95.0 Å². The van der Waals surface area contributed by atoms with Crippen molar-refractivity contribution in [2.75, 3.05) is 13.7 Å². The fourth-order valence-corrected chi connectivity index (χ4v) is 5.90. The molecule has 2 aromatic rings. The van der Waals surface area contributed by atoms with Gasteiger partial charge in [0.1, 0.15) is 40.0 Å². The van der Waals surface area contributed by atoms with Crippen molar-refractivity contribution in [1.82, 2.24) is 30.5 Å². The molecule has 1 aromatic carbocycles. The number of carboxylic acids is 1. The summed E-state index contributed by atoms with van der Waals surface area (Å²) in [6.07, 6.45) is 7.02. The number of amides is 3. The number of methoxy groups -OCH3 is 1. The lowest BCUT2D eigenvalue weighted by atomic mass is 10.0. The number of aromatic nitrogens is 3. The number of rotatable bonds is 4. The molecule has 0 bridgehead atoms. The second kappa shape index (κ2) is 11.8. The number of hydrogen-bond donors (Lipinski definition) is 3. The van der Waals surface area contributed by atoms with Crippen molar-refractivity contribution in [3.63, 3.8) is 0 Å². The Bertz CT molecular complexity index is 1430. The molecule has 2 fully saturated rings. The van der Waals surface area contributed by atoms with E-state index in [9.17, 15) is 24.3 Å². The number of benzene rings is 1. The molecule has 43 heavy (non-hydrogen) atoms. The van der Waals surface area contributed by atoms with E-state index >= 15 is 0 Å². The molecular weight excluding hydrogens is 556 g/mol. The first-order valence-electron chi connectivity index (χ1n) is 14.8. The fourth-order valence-electron chi connectivity index (χ4n) is 5.90. The Hall–Kier alpha value is -4.16. The molecule has 2 aliphatic heterocycles. The average Bonchev–Trinajstić information content (AvgIpc) is 3.27. The van der Waals surface area contributed by atoms with E-state index in [2.05, 4.69) is 20.8 Å². The lowest BCUT2D eigenvalue weighted by Gasteiger charge is -2.30. The minimum absolute atomic E-state index is 0.102. The Balaban J connectivity index is 1.46. The van der Waals surface area contributed by atoms with Gasteiger partial charge in [-0.05, 0) is 58.6 Å². The summed E-state index contributed by atoms with van der Waals surface area (Å²) in [4.78, 5) is 55.9. The van der Waals surface area contributed by atoms with Gasteiger partial charge in [0.05, 0.1) is 13.2 Å². The molecule has 3 amide bonds. The standard InChI is InChI=1S/C30H40N6O7/c1-29(2,3)43-28(41)31-22-11-9-7-5-6-8-10-18-16-30(18,27(39)40)32-25(37)24-14-19(17-35(24)26(22)38)36-33-21-13-12-20(42-4)15-23(21)34-36/h8,10,12-13,15,18-19,22,24H,5-7,9,11,14,16-17H2,1-4H3,(H,31,41)(H,32,37)(H,39,40)/b10-8-/t18?,19-,22?,24?,30?/m1/s1. The summed E-state index contributed by atoms with van der Waals surface area (Å²) in [6.45, 7) is 5.32. The van der Waals surface area contributed by atoms with E-state index in [4.69, 9.17) is 9.47 Å². The zero-order chi connectivity index (χ0) is 30.9. The van der Waals surface area contributed by atoms with Crippen molar-refractivity contribution < 1.29 is 33.8 Å². The summed E-state index contributed by atoms with van der Waals surface area (Å²) < 4.78 is 10.7. The summed E-state index contributed by atoms with van der Waals surface area (Å²) in [7, 11) is 1.56. The normalized spacial score (nSPS) is 29.0. The first-order chi connectivity index (χ1) is 20.4. The van der Waals surface area contributed by atoms with Gasteiger partial charge in [-0.1, -0.05) is 25.0 Å². The van der Waals surface area contributed by atoms with Crippen LogP contribution in [0.1, 0.15) is 71.8 Å². The molecule has 5 atom stereocenters. The molecule has 1 saturated carbocycles. The molecule has 13 nitrogen and oxygen atoms in total. The van der Waals surface area contributed by atoms with Gasteiger partial charge < -0.3 is 30.1 Å². The summed E-state index contributed by atoms with van der Waals surface area (Å²) in [5.41, 5.74) is -0.948. The summed E-state index contributed by atoms with van der Waals surface area (Å²) in [5.74, 6) is -1.80. The van der Waals surface area contributed by atoms with E-state index in [-0.39, 0.29) is 25.3 Å². The van der Waals surface area contributed by atoms with Crippen LogP contribution in [0.25, 0.3) is 11.0 Å². The van der Waals surface area contributed by atoms with Gasteiger partial charge in [-0.3, -0.25) is 9.59 Å². The number of allylic oxidation sites excluding steroid dienone is 1. The number of nitrogens with one attached hydrogen (secondary N) is 2. The second-order valence-electron chi connectivity index (χ2n) is 12.6. The topological polar surface area (TPSA) is 165 Å². The maximum Gasteiger partial charge on any atom is 0.408 e. The Kier molecular flexibility index (Phi) is 8.35. The van der Waals surface area contributed by atoms with Gasteiger partial charge in [-0.25, -0.2) is 9.59 Å². The molecule has 1 aromatic heterocycles. The highest BCUT2D eigenvalue weighted by Gasteiger charge is 2.61. The SMILES string of the molecule is COc1ccc2nn([C@@H]3CC4C(=O)NC5(C(=O)O)CC5/C=C\CCCCCC(NC(=O)OC(C)(C)C)C(=O)N4C3)nc2c1. The molecule has 1 saturated heterocycles. The Morgan fingerprint density at radius 1 is 1.14 bits per heavy atom. The number of carbonyl (C=O) groups excluding carboxylic acids is 3. The highest BCUT2D eigenvalue weighted by Crippen LogP contribution is 2.45. The smallest absolute Gasteiger partial charge is 0.408 e. The summed E-state index contributed by atoms with van der Waals surface area (Å²) in [5, 5.41) is 24.7. The van der Waals surface area contributed by atoms with E-state index in [0.29, 0.717) is 29.6 Å². The number of aliphatic carboxylic acids is 1. The Labute approximate surface area is 249 Å². The fraction of sp³-hybridized carbons (Fsp3) is 0.600. The number of nitrogens with zero attached hydrogens (tertiary/aromatic N) is 4. The van der Waals surface area contributed by atoms with Crippen LogP contribution in [-0.4, -0.2) is 85.8 Å². The maximum absolute atomic E-state index is 14.1. The molecule has 0 spiro atoms. The zero-order valence-corrected chi connectivity index (χ0v) is 25.0. The molecular formula is C30H40N6O7. The van der Waals surface area contributed by atoms with Crippen molar-refractivity contribution in [1.29, 1.82) is 0 Å². The van der Waals surface area contributed by atoms with Crippen molar-refractivity contribution >= 4 is 34.9 Å². The highest BCUT2D eigenvalue weighted by molar-refractivity contribution is 5.96. The summed E-state index contributed by atoms with van der Waals surface area (Å²) >= 11 is 0. The monoisotopic (exact) mass is 596 g/mol. The first-order valence-corrected chi connectivity index (χ1v) is 14.8. The molecule has 1 aliphatic carbocycles. The highest BCUT2D eigenvalue weighted by atomic mass is 16.6. The van der Waals surface area contributed by atoms with E-state index in [1.54, 1.807) is 46.1 Å². The molecule has 3 N–H and O–H groups in total. The van der Waals surface area contributed by atoms with Gasteiger partial charge in [0.15, 0.2) is 0 Å². The van der Waals surface area contributed by atoms with Crippen LogP contribution >= 0.6 is 0 Å². The van der Waals surface area contributed by atoms with E-state index in [1.165, 1.54) is 9.70 Å². The third-order valence-electron chi connectivity index (χ3n) is 8.26. The molecule has 4 unspecified atom stereocenters. The van der Waals surface area contributed by atoms with Gasteiger partial charge in [0, 0.05) is 24.9 Å². The van der Waals surface area contributed by atoms with Crippen molar-refractivity contribution in [3.05, 3.63) is 30.4 Å². The van der Waals surface area contributed by atoms with Crippen LogP contribution in [0, 0.1) is 5.92 Å². The van der Waals surface area contributed by atoms with Crippen LogP contribution in [0.5, 0.6) is 5.75 Å². The largest absolute Gasteiger partial charge is 0.497 e. The van der Waals surface area contributed by atoms with Crippen molar-refractivity contribution in [3.8, 4) is 5.75 Å². The second-order valence-corrected chi connectivity index (χ2v) is 12.6. The van der Waals surface area contributed by atoms with Crippen LogP contribution in [0.15, 0.2) is 30.4 Å². The number of carboxylic acid groups (broad SMARTS) is 1. The number of alkyl carbamates (subject to hydrolysis) is 1. The molecule has 3 heterocycles. The maximum atomic E-state index is 14.1.